The number of aliphatic hydroxyl groups excluding tert-OH is 1. The third kappa shape index (κ3) is 5.72. The molecule has 0 saturated heterocycles. The summed E-state index contributed by atoms with van der Waals surface area (Å²) in [6.45, 7) is 0.540. The first kappa shape index (κ1) is 22.5. The van der Waals surface area contributed by atoms with Crippen molar-refractivity contribution in [2.45, 2.75) is 56.5 Å². The third-order valence-corrected chi connectivity index (χ3v) is 5.92. The number of carboxylic acids is 1. The van der Waals surface area contributed by atoms with E-state index in [-0.39, 0.29) is 35.8 Å². The minimum Gasteiger partial charge on any atom is -0.534 e. The molecule has 2 aliphatic rings. The number of hydrogen-bond acceptors (Lipinski definition) is 7. The second-order valence-electron chi connectivity index (χ2n) is 8.26. The van der Waals surface area contributed by atoms with E-state index in [2.05, 4.69) is 10.6 Å². The van der Waals surface area contributed by atoms with Crippen LogP contribution in [0.25, 0.3) is 0 Å². The Balaban J connectivity index is 1.47. The molecule has 10 heteroatoms. The van der Waals surface area contributed by atoms with Crippen LogP contribution in [0.4, 0.5) is 0 Å². The fourth-order valence-corrected chi connectivity index (χ4v) is 4.20. The monoisotopic (exact) mass is 419 g/mol. The molecular weight excluding hydrogens is 389 g/mol. The molecule has 1 heterocycles. The van der Waals surface area contributed by atoms with Crippen LogP contribution in [0.1, 0.15) is 48.0 Å². The molecular formula is C20H30BN3O6. The predicted molar refractivity (Wildman–Crippen MR) is 111 cm³/mol. The highest BCUT2D eigenvalue weighted by atomic mass is 16.5. The van der Waals surface area contributed by atoms with Crippen LogP contribution >= 0.6 is 0 Å². The van der Waals surface area contributed by atoms with Gasteiger partial charge < -0.3 is 36.3 Å². The highest BCUT2D eigenvalue weighted by molar-refractivity contribution is 6.47. The summed E-state index contributed by atoms with van der Waals surface area (Å²) in [5.41, 5.74) is 6.36. The van der Waals surface area contributed by atoms with Crippen molar-refractivity contribution in [1.82, 2.24) is 10.6 Å². The van der Waals surface area contributed by atoms with E-state index < -0.39 is 19.0 Å². The number of nitrogens with two attached hydrogens (primary N) is 1. The number of carbonyl (C=O) groups is 2. The Labute approximate surface area is 176 Å². The van der Waals surface area contributed by atoms with Gasteiger partial charge in [-0.1, -0.05) is 12.1 Å². The standard InChI is InChI=1S/C20H30BN3O6/c22-14(11-25)10-23-15-6-4-12(5-7-15)8-18(26)24-17-9-13-2-1-3-16(20(27)28)19(13)30-21(17)29/h1-3,12,14-15,17,23,25,29H,4-11,22H2,(H,24,26)(H,27,28)/t12?,14-,15?,17+/m1/s1. The number of aliphatic hydroxyl groups is 1. The summed E-state index contributed by atoms with van der Waals surface area (Å²) in [6, 6.07) is 4.89. The zero-order valence-corrected chi connectivity index (χ0v) is 16.9. The van der Waals surface area contributed by atoms with E-state index in [0.717, 1.165) is 25.7 Å². The molecule has 0 unspecified atom stereocenters. The fraction of sp³-hybridized carbons (Fsp3) is 0.600. The van der Waals surface area contributed by atoms with Gasteiger partial charge in [0.15, 0.2) is 0 Å². The van der Waals surface area contributed by atoms with E-state index in [1.54, 1.807) is 12.1 Å². The van der Waals surface area contributed by atoms with Crippen molar-refractivity contribution in [3.63, 3.8) is 0 Å². The number of carboxylic acid groups (broad SMARTS) is 1. The number of benzene rings is 1. The van der Waals surface area contributed by atoms with E-state index in [1.807, 2.05) is 0 Å². The summed E-state index contributed by atoms with van der Waals surface area (Å²) in [5.74, 6) is -1.44. The van der Waals surface area contributed by atoms with Crippen LogP contribution in [0.2, 0.25) is 0 Å². The summed E-state index contributed by atoms with van der Waals surface area (Å²) < 4.78 is 5.42. The summed E-state index contributed by atoms with van der Waals surface area (Å²) in [6.07, 6.45) is 4.45. The average molecular weight is 419 g/mol. The van der Waals surface area contributed by atoms with Crippen LogP contribution in [-0.2, 0) is 11.2 Å². The number of hydrogen-bond donors (Lipinski definition) is 6. The molecule has 1 amide bonds. The van der Waals surface area contributed by atoms with Crippen LogP contribution in [0.15, 0.2) is 18.2 Å². The molecule has 1 aliphatic heterocycles. The van der Waals surface area contributed by atoms with Crippen LogP contribution in [0.5, 0.6) is 5.75 Å². The molecule has 7 N–H and O–H groups in total. The number of amides is 1. The smallest absolute Gasteiger partial charge is 0.534 e. The van der Waals surface area contributed by atoms with Crippen molar-refractivity contribution >= 4 is 19.0 Å². The van der Waals surface area contributed by atoms with Gasteiger partial charge in [0.25, 0.3) is 0 Å². The van der Waals surface area contributed by atoms with Gasteiger partial charge in [-0.25, -0.2) is 4.79 Å². The lowest BCUT2D eigenvalue weighted by Crippen LogP contribution is -2.53. The van der Waals surface area contributed by atoms with Crippen molar-refractivity contribution in [3.05, 3.63) is 29.3 Å². The van der Waals surface area contributed by atoms with Gasteiger partial charge in [-0.05, 0) is 49.7 Å². The van der Waals surface area contributed by atoms with Gasteiger partial charge >= 0.3 is 13.1 Å². The highest BCUT2D eigenvalue weighted by Crippen LogP contribution is 2.31. The maximum Gasteiger partial charge on any atom is 0.547 e. The number of para-hydroxylation sites is 1. The maximum absolute atomic E-state index is 12.5. The van der Waals surface area contributed by atoms with Gasteiger partial charge in [0.1, 0.15) is 5.75 Å². The third-order valence-electron chi connectivity index (χ3n) is 5.92. The topological polar surface area (TPSA) is 154 Å². The molecule has 2 atom stereocenters. The van der Waals surface area contributed by atoms with Crippen LogP contribution < -0.4 is 21.0 Å². The van der Waals surface area contributed by atoms with E-state index in [0.29, 0.717) is 31.0 Å². The van der Waals surface area contributed by atoms with Crippen molar-refractivity contribution in [2.24, 2.45) is 11.7 Å². The molecule has 1 aromatic rings. The first-order chi connectivity index (χ1) is 14.4. The van der Waals surface area contributed by atoms with Crippen molar-refractivity contribution in [3.8, 4) is 5.75 Å². The van der Waals surface area contributed by atoms with Gasteiger partial charge in [0, 0.05) is 25.0 Å². The summed E-state index contributed by atoms with van der Waals surface area (Å²) in [4.78, 5) is 23.8. The molecule has 1 aromatic carbocycles. The molecule has 1 aliphatic carbocycles. The lowest BCUT2D eigenvalue weighted by atomic mass is 9.72. The zero-order valence-electron chi connectivity index (χ0n) is 16.9. The maximum atomic E-state index is 12.5. The Morgan fingerprint density at radius 3 is 2.67 bits per heavy atom. The first-order valence-corrected chi connectivity index (χ1v) is 10.5. The minimum absolute atomic E-state index is 0.00152. The van der Waals surface area contributed by atoms with Crippen LogP contribution in [-0.4, -0.2) is 65.4 Å². The molecule has 1 fully saturated rings. The zero-order chi connectivity index (χ0) is 21.7. The highest BCUT2D eigenvalue weighted by Gasteiger charge is 2.38. The van der Waals surface area contributed by atoms with Crippen LogP contribution in [0.3, 0.4) is 0 Å². The van der Waals surface area contributed by atoms with E-state index >= 15 is 0 Å². The first-order valence-electron chi connectivity index (χ1n) is 10.5. The Kier molecular flexibility index (Phi) is 7.71. The number of carbonyl (C=O) groups excluding carboxylic acids is 1. The largest absolute Gasteiger partial charge is 0.547 e. The minimum atomic E-state index is -1.29. The Bertz CT molecular complexity index is 756. The molecule has 0 aromatic heterocycles. The molecule has 0 radical (unpaired) electrons. The second-order valence-corrected chi connectivity index (χ2v) is 8.26. The van der Waals surface area contributed by atoms with E-state index in [4.69, 9.17) is 15.5 Å². The Morgan fingerprint density at radius 2 is 2.00 bits per heavy atom. The molecule has 0 spiro atoms. The normalized spacial score (nSPS) is 24.5. The van der Waals surface area contributed by atoms with Gasteiger partial charge in [-0.2, -0.15) is 0 Å². The summed E-state index contributed by atoms with van der Waals surface area (Å²) in [5, 5.41) is 34.7. The number of fused-ring (bicyclic) bond motifs is 1. The second kappa shape index (κ2) is 10.3. The van der Waals surface area contributed by atoms with Crippen molar-refractivity contribution in [2.75, 3.05) is 13.2 Å². The van der Waals surface area contributed by atoms with E-state index in [9.17, 15) is 19.7 Å². The SMILES string of the molecule is N[C@@H](CO)CNC1CCC(CC(=O)N[C@H]2Cc3cccc(C(=O)O)c3OB2O)CC1. The number of nitrogens with one attached hydrogen (secondary N) is 2. The lowest BCUT2D eigenvalue weighted by Gasteiger charge is -2.31. The number of aromatic carboxylic acids is 1. The van der Waals surface area contributed by atoms with Crippen molar-refractivity contribution in [1.29, 1.82) is 0 Å². The van der Waals surface area contributed by atoms with Crippen molar-refractivity contribution < 1.29 is 29.5 Å². The van der Waals surface area contributed by atoms with E-state index in [1.165, 1.54) is 6.07 Å². The van der Waals surface area contributed by atoms with Gasteiger partial charge in [0.05, 0.1) is 18.1 Å². The van der Waals surface area contributed by atoms with Gasteiger partial charge in [-0.15, -0.1) is 0 Å². The number of rotatable bonds is 8. The van der Waals surface area contributed by atoms with Gasteiger partial charge in [0.2, 0.25) is 5.91 Å². The summed E-state index contributed by atoms with van der Waals surface area (Å²) in [7, 11) is -1.29. The Hall–Kier alpha value is -2.14. The molecule has 3 rings (SSSR count). The molecule has 1 saturated carbocycles. The summed E-state index contributed by atoms with van der Waals surface area (Å²) >= 11 is 0. The fourth-order valence-electron chi connectivity index (χ4n) is 4.20. The quantitative estimate of drug-likeness (QED) is 0.314. The molecule has 0 bridgehead atoms. The van der Waals surface area contributed by atoms with Crippen LogP contribution in [0, 0.1) is 5.92 Å². The lowest BCUT2D eigenvalue weighted by molar-refractivity contribution is -0.122. The van der Waals surface area contributed by atoms with Gasteiger partial charge in [-0.3, -0.25) is 4.79 Å². The molecule has 9 nitrogen and oxygen atoms in total. The average Bonchev–Trinajstić information content (AvgIpc) is 2.73. The molecule has 30 heavy (non-hydrogen) atoms. The Morgan fingerprint density at radius 1 is 1.27 bits per heavy atom. The molecule has 164 valence electrons. The predicted octanol–water partition coefficient (Wildman–Crippen LogP) is -0.318.